The van der Waals surface area contributed by atoms with E-state index in [1.807, 2.05) is 11.3 Å². The summed E-state index contributed by atoms with van der Waals surface area (Å²) in [7, 11) is 0. The lowest BCUT2D eigenvalue weighted by Gasteiger charge is -2.38. The largest absolute Gasteiger partial charge is 0.351 e. The van der Waals surface area contributed by atoms with E-state index >= 15 is 0 Å². The van der Waals surface area contributed by atoms with E-state index in [2.05, 4.69) is 41.6 Å². The molecule has 4 nitrogen and oxygen atoms in total. The molecule has 1 aliphatic heterocycles. The first-order valence-electron chi connectivity index (χ1n) is 8.20. The fourth-order valence-electron chi connectivity index (χ4n) is 3.36. The second-order valence-electron chi connectivity index (χ2n) is 6.22. The minimum atomic E-state index is -0.0892. The predicted octanol–water partition coefficient (Wildman–Crippen LogP) is 3.36. The first kappa shape index (κ1) is 16.7. The van der Waals surface area contributed by atoms with Gasteiger partial charge < -0.3 is 5.32 Å². The van der Waals surface area contributed by atoms with Crippen molar-refractivity contribution in [2.24, 2.45) is 0 Å². The van der Waals surface area contributed by atoms with Gasteiger partial charge in [0.1, 0.15) is 0 Å². The van der Waals surface area contributed by atoms with Crippen LogP contribution in [0.5, 0.6) is 0 Å². The molecule has 2 heterocycles. The van der Waals surface area contributed by atoms with Crippen LogP contribution in [0.4, 0.5) is 0 Å². The minimum absolute atomic E-state index is 0.0892. The van der Waals surface area contributed by atoms with E-state index in [0.717, 1.165) is 13.0 Å². The second-order valence-corrected chi connectivity index (χ2v) is 7.17. The lowest BCUT2D eigenvalue weighted by atomic mass is 9.97. The maximum Gasteiger partial charge on any atom is 0.251 e. The molecule has 0 radical (unpaired) electrons. The molecule has 0 saturated heterocycles. The van der Waals surface area contributed by atoms with Crippen LogP contribution in [0.1, 0.15) is 46.3 Å². The highest BCUT2D eigenvalue weighted by Crippen LogP contribution is 2.35. The van der Waals surface area contributed by atoms with Crippen molar-refractivity contribution in [2.45, 2.75) is 32.4 Å². The summed E-state index contributed by atoms with van der Waals surface area (Å²) in [6, 6.07) is 11.9. The molecule has 1 N–H and O–H groups in total. The lowest BCUT2D eigenvalue weighted by molar-refractivity contribution is 0.0930. The monoisotopic (exact) mass is 339 g/mol. The van der Waals surface area contributed by atoms with Crippen LogP contribution in [0.15, 0.2) is 35.7 Å². The average Bonchev–Trinajstić information content (AvgIpc) is 3.06. The molecule has 0 aliphatic carbocycles. The van der Waals surface area contributed by atoms with Crippen molar-refractivity contribution in [3.63, 3.8) is 0 Å². The quantitative estimate of drug-likeness (QED) is 0.929. The summed E-state index contributed by atoms with van der Waals surface area (Å²) in [6.45, 7) is 5.95. The molecule has 1 aliphatic rings. The van der Waals surface area contributed by atoms with Crippen molar-refractivity contribution in [2.75, 3.05) is 13.1 Å². The van der Waals surface area contributed by atoms with Crippen LogP contribution in [0.2, 0.25) is 0 Å². The standard InChI is InChI=1S/C19H21N3OS/c1-13-11-17-7-10-24-18(17)14(2)22(13)9-8-21-19(23)16-5-3-15(12-20)4-6-16/h3-7,10,13-14H,8-9,11H2,1-2H3,(H,21,23)/t13-,14-/m1/s1. The third-order valence-corrected chi connectivity index (χ3v) is 5.80. The summed E-state index contributed by atoms with van der Waals surface area (Å²) in [5.74, 6) is -0.0892. The van der Waals surface area contributed by atoms with E-state index in [9.17, 15) is 4.79 Å². The number of benzene rings is 1. The molecule has 1 aromatic heterocycles. The van der Waals surface area contributed by atoms with Gasteiger partial charge in [0.15, 0.2) is 0 Å². The molecule has 5 heteroatoms. The van der Waals surface area contributed by atoms with Gasteiger partial charge in [-0.2, -0.15) is 5.26 Å². The Kier molecular flexibility index (Phi) is 4.98. The van der Waals surface area contributed by atoms with E-state index < -0.39 is 0 Å². The highest BCUT2D eigenvalue weighted by atomic mass is 32.1. The van der Waals surface area contributed by atoms with Gasteiger partial charge >= 0.3 is 0 Å². The maximum absolute atomic E-state index is 12.2. The number of carbonyl (C=O) groups is 1. The Labute approximate surface area is 146 Å². The molecule has 2 atom stereocenters. The van der Waals surface area contributed by atoms with Crippen LogP contribution in [0.25, 0.3) is 0 Å². The maximum atomic E-state index is 12.2. The van der Waals surface area contributed by atoms with Crippen LogP contribution < -0.4 is 5.32 Å². The summed E-state index contributed by atoms with van der Waals surface area (Å²) in [6.07, 6.45) is 1.08. The first-order chi connectivity index (χ1) is 11.6. The Morgan fingerprint density at radius 2 is 2.08 bits per heavy atom. The van der Waals surface area contributed by atoms with Gasteiger partial charge in [-0.25, -0.2) is 0 Å². The number of thiophene rings is 1. The Bertz CT molecular complexity index is 760. The van der Waals surface area contributed by atoms with Crippen LogP contribution in [0, 0.1) is 11.3 Å². The number of nitriles is 1. The number of fused-ring (bicyclic) bond motifs is 1. The van der Waals surface area contributed by atoms with Crippen molar-refractivity contribution < 1.29 is 4.79 Å². The van der Waals surface area contributed by atoms with E-state index in [0.29, 0.717) is 29.8 Å². The van der Waals surface area contributed by atoms with Gasteiger partial charge in [0.25, 0.3) is 5.91 Å². The van der Waals surface area contributed by atoms with Gasteiger partial charge in [-0.05, 0) is 61.5 Å². The summed E-state index contributed by atoms with van der Waals surface area (Å²) in [4.78, 5) is 16.1. The average molecular weight is 339 g/mol. The van der Waals surface area contributed by atoms with Crippen molar-refractivity contribution in [1.29, 1.82) is 5.26 Å². The molecule has 1 amide bonds. The molecule has 24 heavy (non-hydrogen) atoms. The third kappa shape index (κ3) is 3.35. The molecule has 0 spiro atoms. The van der Waals surface area contributed by atoms with Gasteiger partial charge in [0.05, 0.1) is 11.6 Å². The van der Waals surface area contributed by atoms with Crippen LogP contribution in [0.3, 0.4) is 0 Å². The van der Waals surface area contributed by atoms with Gasteiger partial charge in [-0.3, -0.25) is 9.69 Å². The van der Waals surface area contributed by atoms with E-state index in [1.54, 1.807) is 24.3 Å². The molecular formula is C19H21N3OS. The molecular weight excluding hydrogens is 318 g/mol. The topological polar surface area (TPSA) is 56.1 Å². The highest BCUT2D eigenvalue weighted by molar-refractivity contribution is 7.10. The zero-order valence-corrected chi connectivity index (χ0v) is 14.8. The van der Waals surface area contributed by atoms with Gasteiger partial charge in [0, 0.05) is 35.6 Å². The number of hydrogen-bond acceptors (Lipinski definition) is 4. The molecule has 0 bridgehead atoms. The Balaban J connectivity index is 1.56. The Morgan fingerprint density at radius 1 is 1.33 bits per heavy atom. The first-order valence-corrected chi connectivity index (χ1v) is 9.08. The predicted molar refractivity (Wildman–Crippen MR) is 96.1 cm³/mol. The van der Waals surface area contributed by atoms with Crippen LogP contribution in [-0.2, 0) is 6.42 Å². The number of amides is 1. The van der Waals surface area contributed by atoms with Gasteiger partial charge in [-0.15, -0.1) is 11.3 Å². The molecule has 2 aromatic rings. The van der Waals surface area contributed by atoms with Crippen molar-refractivity contribution in [1.82, 2.24) is 10.2 Å². The Hall–Kier alpha value is -2.16. The van der Waals surface area contributed by atoms with Crippen molar-refractivity contribution in [3.05, 3.63) is 57.3 Å². The number of rotatable bonds is 4. The fraction of sp³-hybridized carbons (Fsp3) is 0.368. The molecule has 0 fully saturated rings. The number of nitrogens with one attached hydrogen (secondary N) is 1. The van der Waals surface area contributed by atoms with E-state index in [1.165, 1.54) is 10.4 Å². The number of nitrogens with zero attached hydrogens (tertiary/aromatic N) is 2. The van der Waals surface area contributed by atoms with Crippen LogP contribution >= 0.6 is 11.3 Å². The van der Waals surface area contributed by atoms with Crippen molar-refractivity contribution in [3.8, 4) is 6.07 Å². The molecule has 124 valence electrons. The fourth-order valence-corrected chi connectivity index (χ4v) is 4.38. The van der Waals surface area contributed by atoms with Crippen LogP contribution in [-0.4, -0.2) is 29.9 Å². The summed E-state index contributed by atoms with van der Waals surface area (Å²) >= 11 is 1.82. The summed E-state index contributed by atoms with van der Waals surface area (Å²) in [5.41, 5.74) is 2.63. The molecule has 0 saturated carbocycles. The zero-order chi connectivity index (χ0) is 17.1. The van der Waals surface area contributed by atoms with E-state index in [4.69, 9.17) is 5.26 Å². The Morgan fingerprint density at radius 3 is 2.79 bits per heavy atom. The zero-order valence-electron chi connectivity index (χ0n) is 14.0. The molecule has 1 aromatic carbocycles. The smallest absolute Gasteiger partial charge is 0.251 e. The number of hydrogen-bond donors (Lipinski definition) is 1. The van der Waals surface area contributed by atoms with Gasteiger partial charge in [-0.1, -0.05) is 0 Å². The molecule has 3 rings (SSSR count). The lowest BCUT2D eigenvalue weighted by Crippen LogP contribution is -2.44. The van der Waals surface area contributed by atoms with E-state index in [-0.39, 0.29) is 5.91 Å². The number of carbonyl (C=O) groups excluding carboxylic acids is 1. The second kappa shape index (κ2) is 7.16. The SMILES string of the molecule is C[C@@H]1Cc2ccsc2[C@@H](C)N1CCNC(=O)c1ccc(C#N)cc1. The third-order valence-electron chi connectivity index (χ3n) is 4.67. The minimum Gasteiger partial charge on any atom is -0.351 e. The molecule has 0 unspecified atom stereocenters. The normalized spacial score (nSPS) is 20.2. The van der Waals surface area contributed by atoms with Gasteiger partial charge in [0.2, 0.25) is 0 Å². The summed E-state index contributed by atoms with van der Waals surface area (Å²) < 4.78 is 0. The summed E-state index contributed by atoms with van der Waals surface area (Å²) in [5, 5.41) is 14.0. The van der Waals surface area contributed by atoms with Crippen molar-refractivity contribution >= 4 is 17.2 Å². The highest BCUT2D eigenvalue weighted by Gasteiger charge is 2.29.